The van der Waals surface area contributed by atoms with Gasteiger partial charge >= 0.3 is 11.9 Å². The van der Waals surface area contributed by atoms with E-state index >= 15 is 0 Å². The Bertz CT molecular complexity index is 266. The predicted molar refractivity (Wildman–Crippen MR) is 93.0 cm³/mol. The molecule has 7 nitrogen and oxygen atoms in total. The normalized spacial score (nSPS) is 9.58. The average molecular weight is 352 g/mol. The lowest BCUT2D eigenvalue weighted by Crippen LogP contribution is -2.15. The van der Waals surface area contributed by atoms with E-state index in [4.69, 9.17) is 25.5 Å². The number of aliphatic hydroxyl groups excluding tert-OH is 3. The van der Waals surface area contributed by atoms with E-state index in [1.165, 1.54) is 19.3 Å². The predicted octanol–water partition coefficient (Wildman–Crippen LogP) is 2.41. The molecule has 0 fully saturated rings. The van der Waals surface area contributed by atoms with Crippen molar-refractivity contribution in [1.82, 2.24) is 0 Å². The van der Waals surface area contributed by atoms with Gasteiger partial charge in [0.15, 0.2) is 0 Å². The summed E-state index contributed by atoms with van der Waals surface area (Å²) in [7, 11) is 0. The minimum atomic E-state index is -0.954. The summed E-state index contributed by atoms with van der Waals surface area (Å²) < 4.78 is 0. The van der Waals surface area contributed by atoms with Crippen molar-refractivity contribution in [2.75, 3.05) is 13.2 Å². The molecule has 0 radical (unpaired) electrons. The van der Waals surface area contributed by atoms with Crippen LogP contribution in [-0.4, -0.2) is 56.8 Å². The van der Waals surface area contributed by atoms with Gasteiger partial charge in [0.1, 0.15) is 6.10 Å². The van der Waals surface area contributed by atoms with Gasteiger partial charge in [-0.25, -0.2) is 0 Å². The van der Waals surface area contributed by atoms with Crippen molar-refractivity contribution in [2.24, 2.45) is 0 Å². The van der Waals surface area contributed by atoms with Gasteiger partial charge in [0.2, 0.25) is 0 Å². The fourth-order valence-electron chi connectivity index (χ4n) is 1.46. The Kier molecular flexibility index (Phi) is 27.7. The van der Waals surface area contributed by atoms with Gasteiger partial charge in [0.05, 0.1) is 13.2 Å². The van der Waals surface area contributed by atoms with E-state index in [9.17, 15) is 9.59 Å². The minimum absolute atomic E-state index is 0.327. The second-order valence-electron chi connectivity index (χ2n) is 5.43. The number of unbranched alkanes of at least 4 members (excludes halogenated alkanes) is 6. The fourth-order valence-corrected chi connectivity index (χ4v) is 1.46. The van der Waals surface area contributed by atoms with Crippen LogP contribution in [0.25, 0.3) is 0 Å². The molecule has 0 heterocycles. The Hall–Kier alpha value is -1.18. The molecule has 146 valence electrons. The lowest BCUT2D eigenvalue weighted by atomic mass is 10.1. The molecule has 0 aromatic carbocycles. The van der Waals surface area contributed by atoms with E-state index in [0.29, 0.717) is 12.8 Å². The zero-order chi connectivity index (χ0) is 19.2. The molecule has 5 N–H and O–H groups in total. The number of carboxylic acid groups (broad SMARTS) is 2. The summed E-state index contributed by atoms with van der Waals surface area (Å²) in [5.74, 6) is -1.35. The fraction of sp³-hybridized carbons (Fsp3) is 0.882. The summed E-state index contributed by atoms with van der Waals surface area (Å²) in [5.41, 5.74) is 0. The minimum Gasteiger partial charge on any atom is -0.481 e. The second-order valence-corrected chi connectivity index (χ2v) is 5.43. The largest absolute Gasteiger partial charge is 0.481 e. The lowest BCUT2D eigenvalue weighted by molar-refractivity contribution is -0.138. The van der Waals surface area contributed by atoms with Crippen LogP contribution in [0.2, 0.25) is 0 Å². The molecule has 0 amide bonds. The first-order chi connectivity index (χ1) is 11.3. The molecular formula is C17H36O7. The Labute approximate surface area is 145 Å². The first-order valence-corrected chi connectivity index (χ1v) is 8.68. The van der Waals surface area contributed by atoms with Crippen LogP contribution in [-0.2, 0) is 9.59 Å². The van der Waals surface area contributed by atoms with E-state index in [1.807, 2.05) is 0 Å². The van der Waals surface area contributed by atoms with Crippen LogP contribution in [0, 0.1) is 0 Å². The number of carboxylic acids is 2. The highest BCUT2D eigenvalue weighted by Crippen LogP contribution is 2.04. The third-order valence-corrected chi connectivity index (χ3v) is 2.91. The lowest BCUT2D eigenvalue weighted by Gasteiger charge is -1.96. The molecular weight excluding hydrogens is 316 g/mol. The highest BCUT2D eigenvalue weighted by atomic mass is 16.4. The zero-order valence-corrected chi connectivity index (χ0v) is 15.1. The Balaban J connectivity index is -0.000000285. The van der Waals surface area contributed by atoms with Crippen molar-refractivity contribution in [2.45, 2.75) is 84.2 Å². The van der Waals surface area contributed by atoms with Gasteiger partial charge < -0.3 is 25.5 Å². The monoisotopic (exact) mass is 352 g/mol. The first-order valence-electron chi connectivity index (χ1n) is 8.68. The molecule has 0 aliphatic heterocycles. The van der Waals surface area contributed by atoms with Crippen LogP contribution in [0.3, 0.4) is 0 Å². The summed E-state index contributed by atoms with van der Waals surface area (Å²) in [6.07, 6.45) is 8.21. The topological polar surface area (TPSA) is 135 Å². The molecule has 0 aliphatic carbocycles. The SMILES string of the molecule is CCCCCC(=O)O.CCCCCCCC(=O)O.OCC(O)CO. The number of aliphatic carboxylic acids is 2. The molecule has 0 unspecified atom stereocenters. The third kappa shape index (κ3) is 37.2. The third-order valence-electron chi connectivity index (χ3n) is 2.91. The van der Waals surface area contributed by atoms with Crippen LogP contribution in [0.15, 0.2) is 0 Å². The van der Waals surface area contributed by atoms with Crippen LogP contribution >= 0.6 is 0 Å². The van der Waals surface area contributed by atoms with Crippen molar-refractivity contribution >= 4 is 11.9 Å². The quantitative estimate of drug-likeness (QED) is 0.340. The highest BCUT2D eigenvalue weighted by Gasteiger charge is 1.95. The maximum Gasteiger partial charge on any atom is 0.303 e. The van der Waals surface area contributed by atoms with Crippen LogP contribution < -0.4 is 0 Å². The number of aliphatic hydroxyl groups is 3. The molecule has 0 aliphatic rings. The molecule has 0 rings (SSSR count). The molecule has 0 aromatic heterocycles. The van der Waals surface area contributed by atoms with Gasteiger partial charge in [-0.15, -0.1) is 0 Å². The highest BCUT2D eigenvalue weighted by molar-refractivity contribution is 5.66. The van der Waals surface area contributed by atoms with Gasteiger partial charge in [-0.1, -0.05) is 52.4 Å². The summed E-state index contributed by atoms with van der Waals surface area (Å²) in [5, 5.41) is 40.4. The summed E-state index contributed by atoms with van der Waals surface area (Å²) in [4.78, 5) is 19.9. The summed E-state index contributed by atoms with van der Waals surface area (Å²) >= 11 is 0. The van der Waals surface area contributed by atoms with Gasteiger partial charge in [-0.2, -0.15) is 0 Å². The van der Waals surface area contributed by atoms with Crippen molar-refractivity contribution in [3.05, 3.63) is 0 Å². The number of hydrogen-bond donors (Lipinski definition) is 5. The van der Waals surface area contributed by atoms with E-state index in [-0.39, 0.29) is 13.2 Å². The van der Waals surface area contributed by atoms with Gasteiger partial charge in [0.25, 0.3) is 0 Å². The Morgan fingerprint density at radius 2 is 1.04 bits per heavy atom. The Morgan fingerprint density at radius 3 is 1.33 bits per heavy atom. The van der Waals surface area contributed by atoms with E-state index in [0.717, 1.165) is 32.1 Å². The summed E-state index contributed by atoms with van der Waals surface area (Å²) in [6.45, 7) is 3.48. The number of rotatable bonds is 12. The van der Waals surface area contributed by atoms with Crippen molar-refractivity contribution in [3.63, 3.8) is 0 Å². The maximum absolute atomic E-state index is 10.0. The van der Waals surface area contributed by atoms with Crippen LogP contribution in [0.4, 0.5) is 0 Å². The van der Waals surface area contributed by atoms with Gasteiger partial charge in [-0.05, 0) is 12.8 Å². The van der Waals surface area contributed by atoms with Gasteiger partial charge in [-0.3, -0.25) is 9.59 Å². The molecule has 7 heteroatoms. The first kappa shape index (κ1) is 27.7. The summed E-state index contributed by atoms with van der Waals surface area (Å²) in [6, 6.07) is 0. The molecule has 0 atom stereocenters. The smallest absolute Gasteiger partial charge is 0.303 e. The molecule has 24 heavy (non-hydrogen) atoms. The zero-order valence-electron chi connectivity index (χ0n) is 15.1. The molecule has 0 spiro atoms. The average Bonchev–Trinajstić information content (AvgIpc) is 2.55. The molecule has 0 aromatic rings. The number of carbonyl (C=O) groups is 2. The molecule has 0 saturated heterocycles. The van der Waals surface area contributed by atoms with Crippen LogP contribution in [0.5, 0.6) is 0 Å². The van der Waals surface area contributed by atoms with Crippen molar-refractivity contribution < 1.29 is 35.1 Å². The standard InChI is InChI=1S/C8H16O2.C6H12O2.C3H8O3/c1-2-3-4-5-6-7-8(9)10;1-2-3-4-5-6(7)8;4-1-3(6)2-5/h2-7H2,1H3,(H,9,10);2-5H2,1H3,(H,7,8);3-6H,1-2H2. The van der Waals surface area contributed by atoms with E-state index < -0.39 is 18.0 Å². The van der Waals surface area contributed by atoms with Crippen LogP contribution in [0.1, 0.15) is 78.1 Å². The molecule has 0 bridgehead atoms. The number of hydrogen-bond acceptors (Lipinski definition) is 5. The van der Waals surface area contributed by atoms with E-state index in [1.54, 1.807) is 0 Å². The van der Waals surface area contributed by atoms with Crippen molar-refractivity contribution in [3.8, 4) is 0 Å². The maximum atomic E-state index is 10.0. The van der Waals surface area contributed by atoms with E-state index in [2.05, 4.69) is 13.8 Å². The Morgan fingerprint density at radius 1 is 0.708 bits per heavy atom. The molecule has 0 saturated carbocycles. The van der Waals surface area contributed by atoms with Crippen molar-refractivity contribution in [1.29, 1.82) is 0 Å². The second kappa shape index (κ2) is 24.1. The van der Waals surface area contributed by atoms with Gasteiger partial charge in [0, 0.05) is 12.8 Å².